The third-order valence-electron chi connectivity index (χ3n) is 3.65. The maximum Gasteiger partial charge on any atom is 0.225 e. The van der Waals surface area contributed by atoms with Crippen LogP contribution in [0.15, 0.2) is 11.4 Å². The fraction of sp³-hybridized carbons (Fsp3) is 0.538. The maximum absolute atomic E-state index is 5.99. The highest BCUT2D eigenvalue weighted by Gasteiger charge is 2.21. The van der Waals surface area contributed by atoms with Gasteiger partial charge in [-0.25, -0.2) is 9.97 Å². The second-order valence-electron chi connectivity index (χ2n) is 4.83. The van der Waals surface area contributed by atoms with Gasteiger partial charge in [0.05, 0.1) is 5.39 Å². The smallest absolute Gasteiger partial charge is 0.225 e. The van der Waals surface area contributed by atoms with Gasteiger partial charge in [-0.05, 0) is 55.0 Å². The molecular weight excluding hydrogens is 298 g/mol. The van der Waals surface area contributed by atoms with Gasteiger partial charge >= 0.3 is 0 Å². The number of nitrogens with one attached hydrogen (secondary N) is 1. The van der Waals surface area contributed by atoms with Gasteiger partial charge in [-0.3, -0.25) is 0 Å². The first-order chi connectivity index (χ1) is 9.26. The Morgan fingerprint density at radius 1 is 1.32 bits per heavy atom. The Labute approximate surface area is 126 Å². The van der Waals surface area contributed by atoms with Crippen molar-refractivity contribution in [1.82, 2.24) is 9.97 Å². The van der Waals surface area contributed by atoms with E-state index in [9.17, 15) is 0 Å². The first kappa shape index (κ1) is 13.5. The molecule has 1 aliphatic carbocycles. The van der Waals surface area contributed by atoms with Crippen molar-refractivity contribution in [3.8, 4) is 0 Å². The van der Waals surface area contributed by atoms with Gasteiger partial charge in [0.25, 0.3) is 0 Å². The number of halogens is 1. The van der Waals surface area contributed by atoms with E-state index < -0.39 is 0 Å². The lowest BCUT2D eigenvalue weighted by Crippen LogP contribution is -2.27. The van der Waals surface area contributed by atoms with Crippen molar-refractivity contribution in [2.24, 2.45) is 0 Å². The van der Waals surface area contributed by atoms with Crippen LogP contribution in [0.3, 0.4) is 0 Å². The van der Waals surface area contributed by atoms with E-state index in [-0.39, 0.29) is 0 Å². The third kappa shape index (κ3) is 2.98. The number of hydrogen-bond acceptors (Lipinski definition) is 5. The minimum Gasteiger partial charge on any atom is -0.367 e. The number of rotatable bonds is 3. The van der Waals surface area contributed by atoms with Crippen LogP contribution in [0.5, 0.6) is 0 Å². The Hall–Kier alpha value is -0.520. The highest BCUT2D eigenvalue weighted by atomic mass is 35.5. The standard InChI is InChI=1S/C13H16ClN3S2/c1-18-9-4-2-8(3-5-9)15-11-10-6-7-19-12(10)17-13(14)16-11/h6-9H,2-5H2,1H3,(H,15,16,17). The van der Waals surface area contributed by atoms with Gasteiger partial charge in [0.1, 0.15) is 10.6 Å². The third-order valence-corrected chi connectivity index (χ3v) is 5.76. The number of thioether (sulfide) groups is 1. The van der Waals surface area contributed by atoms with Crippen LogP contribution >= 0.6 is 34.7 Å². The van der Waals surface area contributed by atoms with Crippen molar-refractivity contribution < 1.29 is 0 Å². The molecule has 0 unspecified atom stereocenters. The largest absolute Gasteiger partial charge is 0.367 e. The molecule has 0 bridgehead atoms. The Kier molecular flexibility index (Phi) is 4.15. The maximum atomic E-state index is 5.99. The van der Waals surface area contributed by atoms with Crippen LogP contribution in [0.2, 0.25) is 5.28 Å². The van der Waals surface area contributed by atoms with Gasteiger partial charge in [-0.1, -0.05) is 0 Å². The molecule has 1 fully saturated rings. The summed E-state index contributed by atoms with van der Waals surface area (Å²) in [5.74, 6) is 0.892. The number of anilines is 1. The van der Waals surface area contributed by atoms with Gasteiger partial charge in [-0.2, -0.15) is 11.8 Å². The fourth-order valence-corrected chi connectivity index (χ4v) is 4.30. The van der Waals surface area contributed by atoms with Crippen LogP contribution in [0.1, 0.15) is 25.7 Å². The number of hydrogen-bond donors (Lipinski definition) is 1. The van der Waals surface area contributed by atoms with E-state index in [1.807, 2.05) is 17.1 Å². The van der Waals surface area contributed by atoms with E-state index in [2.05, 4.69) is 27.6 Å². The predicted octanol–water partition coefficient (Wildman–Crippen LogP) is 4.43. The van der Waals surface area contributed by atoms with E-state index in [1.165, 1.54) is 25.7 Å². The lowest BCUT2D eigenvalue weighted by atomic mass is 9.95. The molecule has 0 amide bonds. The van der Waals surface area contributed by atoms with E-state index in [1.54, 1.807) is 11.3 Å². The minimum atomic E-state index is 0.329. The summed E-state index contributed by atoms with van der Waals surface area (Å²) in [5.41, 5.74) is 0. The van der Waals surface area contributed by atoms with Crippen LogP contribution < -0.4 is 5.32 Å². The number of nitrogens with zero attached hydrogens (tertiary/aromatic N) is 2. The summed E-state index contributed by atoms with van der Waals surface area (Å²) in [6.45, 7) is 0. The van der Waals surface area contributed by atoms with Crippen LogP contribution in [0.25, 0.3) is 10.2 Å². The van der Waals surface area contributed by atoms with Crippen molar-refractivity contribution in [1.29, 1.82) is 0 Å². The monoisotopic (exact) mass is 313 g/mol. The van der Waals surface area contributed by atoms with E-state index >= 15 is 0 Å². The first-order valence-corrected chi connectivity index (χ1v) is 9.01. The van der Waals surface area contributed by atoms with Crippen LogP contribution in [0, 0.1) is 0 Å². The number of thiophene rings is 1. The average molecular weight is 314 g/mol. The Bertz CT molecular complexity index is 564. The zero-order valence-electron chi connectivity index (χ0n) is 10.7. The zero-order chi connectivity index (χ0) is 13.2. The highest BCUT2D eigenvalue weighted by Crippen LogP contribution is 2.31. The average Bonchev–Trinajstić information content (AvgIpc) is 2.88. The summed E-state index contributed by atoms with van der Waals surface area (Å²) >= 11 is 9.58. The van der Waals surface area contributed by atoms with E-state index in [4.69, 9.17) is 11.6 Å². The van der Waals surface area contributed by atoms with Gasteiger partial charge in [0.15, 0.2) is 0 Å². The van der Waals surface area contributed by atoms with Crippen LogP contribution in [-0.4, -0.2) is 27.5 Å². The van der Waals surface area contributed by atoms with Gasteiger partial charge in [-0.15, -0.1) is 11.3 Å². The highest BCUT2D eigenvalue weighted by molar-refractivity contribution is 7.99. The molecule has 1 N–H and O–H groups in total. The van der Waals surface area contributed by atoms with Crippen molar-refractivity contribution in [2.75, 3.05) is 11.6 Å². The molecule has 102 valence electrons. The Balaban J connectivity index is 1.76. The number of aromatic nitrogens is 2. The second-order valence-corrected chi connectivity index (χ2v) is 7.21. The molecule has 0 saturated heterocycles. The van der Waals surface area contributed by atoms with E-state index in [0.29, 0.717) is 11.3 Å². The molecule has 0 aliphatic heterocycles. The lowest BCUT2D eigenvalue weighted by Gasteiger charge is -2.28. The lowest BCUT2D eigenvalue weighted by molar-refractivity contribution is 0.472. The normalized spacial score (nSPS) is 23.7. The molecule has 1 aliphatic rings. The molecule has 6 heteroatoms. The molecule has 2 heterocycles. The molecule has 3 rings (SSSR count). The van der Waals surface area contributed by atoms with Crippen molar-refractivity contribution >= 4 is 50.7 Å². The predicted molar refractivity (Wildman–Crippen MR) is 85.6 cm³/mol. The van der Waals surface area contributed by atoms with Crippen molar-refractivity contribution in [3.63, 3.8) is 0 Å². The van der Waals surface area contributed by atoms with Crippen LogP contribution in [-0.2, 0) is 0 Å². The van der Waals surface area contributed by atoms with Crippen LogP contribution in [0.4, 0.5) is 5.82 Å². The minimum absolute atomic E-state index is 0.329. The molecular formula is C13H16ClN3S2. The SMILES string of the molecule is CSC1CCC(Nc2nc(Cl)nc3sccc23)CC1. The summed E-state index contributed by atoms with van der Waals surface area (Å²) in [5, 5.41) is 7.83. The second kappa shape index (κ2) is 5.85. The summed E-state index contributed by atoms with van der Waals surface area (Å²) in [6.07, 6.45) is 7.18. The molecule has 0 spiro atoms. The summed E-state index contributed by atoms with van der Waals surface area (Å²) in [6, 6.07) is 2.57. The van der Waals surface area contributed by atoms with Crippen molar-refractivity contribution in [3.05, 3.63) is 16.7 Å². The summed E-state index contributed by atoms with van der Waals surface area (Å²) in [7, 11) is 0. The Morgan fingerprint density at radius 3 is 2.84 bits per heavy atom. The number of fused-ring (bicyclic) bond motifs is 1. The molecule has 0 aromatic carbocycles. The molecule has 2 aromatic rings. The topological polar surface area (TPSA) is 37.8 Å². The van der Waals surface area contributed by atoms with E-state index in [0.717, 1.165) is 21.3 Å². The zero-order valence-corrected chi connectivity index (χ0v) is 13.1. The van der Waals surface area contributed by atoms with Gasteiger partial charge in [0, 0.05) is 11.3 Å². The van der Waals surface area contributed by atoms with Gasteiger partial charge < -0.3 is 5.32 Å². The Morgan fingerprint density at radius 2 is 2.11 bits per heavy atom. The van der Waals surface area contributed by atoms with Gasteiger partial charge in [0.2, 0.25) is 5.28 Å². The molecule has 2 aromatic heterocycles. The molecule has 19 heavy (non-hydrogen) atoms. The fourth-order valence-electron chi connectivity index (χ4n) is 2.58. The first-order valence-electron chi connectivity index (χ1n) is 6.46. The quantitative estimate of drug-likeness (QED) is 0.851. The molecule has 0 atom stereocenters. The van der Waals surface area contributed by atoms with Crippen molar-refractivity contribution in [2.45, 2.75) is 37.0 Å². The molecule has 0 radical (unpaired) electrons. The molecule has 3 nitrogen and oxygen atoms in total. The molecule has 1 saturated carbocycles. The summed E-state index contributed by atoms with van der Waals surface area (Å²) < 4.78 is 0. The summed E-state index contributed by atoms with van der Waals surface area (Å²) in [4.78, 5) is 9.55.